The van der Waals surface area contributed by atoms with E-state index in [4.69, 9.17) is 4.74 Å². The van der Waals surface area contributed by atoms with Crippen LogP contribution >= 0.6 is 0 Å². The van der Waals surface area contributed by atoms with Crippen molar-refractivity contribution in [2.24, 2.45) is 0 Å². The van der Waals surface area contributed by atoms with Crippen LogP contribution in [0.25, 0.3) is 0 Å². The van der Waals surface area contributed by atoms with E-state index in [0.717, 1.165) is 0 Å². The molecule has 0 aromatic carbocycles. The van der Waals surface area contributed by atoms with Gasteiger partial charge in [0.1, 0.15) is 12.2 Å². The first-order chi connectivity index (χ1) is 4.55. The van der Waals surface area contributed by atoms with Gasteiger partial charge in [0.05, 0.1) is 5.60 Å². The van der Waals surface area contributed by atoms with Crippen LogP contribution in [0.15, 0.2) is 0 Å². The van der Waals surface area contributed by atoms with Crippen molar-refractivity contribution in [3.63, 3.8) is 0 Å². The van der Waals surface area contributed by atoms with Crippen LogP contribution in [0.3, 0.4) is 0 Å². The molecule has 1 aliphatic rings. The molecule has 0 amide bonds. The topological polar surface area (TPSA) is 32.8 Å². The molecule has 1 N–H and O–H groups in total. The molecule has 2 nitrogen and oxygen atoms in total. The maximum absolute atomic E-state index is 9.36. The van der Waals surface area contributed by atoms with Crippen molar-refractivity contribution in [1.82, 2.24) is 0 Å². The van der Waals surface area contributed by atoms with Crippen LogP contribution in [0.2, 0.25) is 0 Å². The minimum atomic E-state index is -0.742. The van der Waals surface area contributed by atoms with Crippen molar-refractivity contribution >= 4 is 0 Å². The first-order valence-corrected chi connectivity index (χ1v) is 3.36. The molecule has 1 aliphatic heterocycles. The van der Waals surface area contributed by atoms with E-state index in [9.17, 15) is 5.11 Å². The Morgan fingerprint density at radius 3 is 2.40 bits per heavy atom. The Morgan fingerprint density at radius 1 is 1.50 bits per heavy atom. The summed E-state index contributed by atoms with van der Waals surface area (Å²) in [7, 11) is 0. The van der Waals surface area contributed by atoms with Gasteiger partial charge in [-0.3, -0.25) is 0 Å². The van der Waals surface area contributed by atoms with Crippen molar-refractivity contribution in [2.75, 3.05) is 0 Å². The number of hydrogen-bond donors (Lipinski definition) is 1. The summed E-state index contributed by atoms with van der Waals surface area (Å²) in [4.78, 5) is 0. The third kappa shape index (κ3) is 1.50. The molecule has 0 aromatic rings. The van der Waals surface area contributed by atoms with Gasteiger partial charge < -0.3 is 9.84 Å². The third-order valence-electron chi connectivity index (χ3n) is 1.47. The summed E-state index contributed by atoms with van der Waals surface area (Å²) in [6.45, 7) is 5.23. The number of ether oxygens (including phenoxy) is 1. The van der Waals surface area contributed by atoms with Crippen molar-refractivity contribution in [2.45, 2.75) is 38.6 Å². The highest BCUT2D eigenvalue weighted by Crippen LogP contribution is 2.31. The van der Waals surface area contributed by atoms with Gasteiger partial charge in [0, 0.05) is 0 Å². The molecule has 0 radical (unpaired) electrons. The van der Waals surface area contributed by atoms with Gasteiger partial charge in [0.15, 0.2) is 0 Å². The number of epoxide rings is 1. The Kier molecular flexibility index (Phi) is 1.72. The van der Waals surface area contributed by atoms with Crippen LogP contribution in [-0.4, -0.2) is 22.9 Å². The molecular weight excluding hydrogens is 128 g/mol. The maximum atomic E-state index is 9.36. The lowest BCUT2D eigenvalue weighted by Gasteiger charge is -2.11. The van der Waals surface area contributed by atoms with E-state index in [0.29, 0.717) is 0 Å². The Hall–Kier alpha value is -0.520. The number of hydrogen-bond acceptors (Lipinski definition) is 2. The minimum absolute atomic E-state index is 0.0370. The predicted octanol–water partition coefficient (Wildman–Crippen LogP) is 0.548. The van der Waals surface area contributed by atoms with Crippen molar-refractivity contribution in [3.8, 4) is 11.8 Å². The fourth-order valence-electron chi connectivity index (χ4n) is 0.902. The highest BCUT2D eigenvalue weighted by molar-refractivity contribution is 5.16. The lowest BCUT2D eigenvalue weighted by molar-refractivity contribution is 0.0482. The third-order valence-corrected chi connectivity index (χ3v) is 1.47. The summed E-state index contributed by atoms with van der Waals surface area (Å²) in [5, 5.41) is 9.36. The van der Waals surface area contributed by atoms with E-state index in [1.54, 1.807) is 20.8 Å². The lowest BCUT2D eigenvalue weighted by Crippen LogP contribution is -2.27. The molecule has 0 aromatic heterocycles. The molecule has 1 heterocycles. The zero-order valence-electron chi connectivity index (χ0n) is 6.51. The molecule has 0 unspecified atom stereocenters. The Bertz CT molecular complexity index is 180. The Balaban J connectivity index is 2.44. The van der Waals surface area contributed by atoms with Crippen LogP contribution in [-0.2, 0) is 4.74 Å². The van der Waals surface area contributed by atoms with Gasteiger partial charge in [-0.2, -0.15) is 0 Å². The molecule has 1 saturated heterocycles. The molecule has 0 bridgehead atoms. The normalized spacial score (nSPS) is 30.8. The molecule has 56 valence electrons. The van der Waals surface area contributed by atoms with Gasteiger partial charge in [-0.15, -0.1) is 5.92 Å². The fraction of sp³-hybridized carbons (Fsp3) is 0.750. The van der Waals surface area contributed by atoms with Crippen LogP contribution in [0.4, 0.5) is 0 Å². The largest absolute Gasteiger partial charge is 0.388 e. The molecule has 10 heavy (non-hydrogen) atoms. The second-order valence-corrected chi connectivity index (χ2v) is 3.03. The van der Waals surface area contributed by atoms with E-state index < -0.39 is 5.60 Å². The van der Waals surface area contributed by atoms with Crippen LogP contribution in [0.5, 0.6) is 0 Å². The monoisotopic (exact) mass is 140 g/mol. The number of rotatable bonds is 1. The summed E-state index contributed by atoms with van der Waals surface area (Å²) in [6.07, 6.45) is -0.120. The summed E-state index contributed by atoms with van der Waals surface area (Å²) in [5.74, 6) is 5.59. The van der Waals surface area contributed by atoms with Crippen molar-refractivity contribution in [1.29, 1.82) is 0 Å². The van der Waals surface area contributed by atoms with Gasteiger partial charge in [-0.1, -0.05) is 5.92 Å². The SMILES string of the molecule is CC#C[C@H]1O[C@@H]1C(C)(C)O. The zero-order chi connectivity index (χ0) is 7.78. The van der Waals surface area contributed by atoms with Crippen LogP contribution in [0, 0.1) is 11.8 Å². The Morgan fingerprint density at radius 2 is 2.10 bits per heavy atom. The van der Waals surface area contributed by atoms with Gasteiger partial charge in [-0.25, -0.2) is 0 Å². The van der Waals surface area contributed by atoms with E-state index in [1.165, 1.54) is 0 Å². The maximum Gasteiger partial charge on any atom is 0.147 e. The second-order valence-electron chi connectivity index (χ2n) is 3.03. The Labute approximate surface area is 61.2 Å². The van der Waals surface area contributed by atoms with E-state index in [1.807, 2.05) is 0 Å². The predicted molar refractivity (Wildman–Crippen MR) is 38.4 cm³/mol. The highest BCUT2D eigenvalue weighted by Gasteiger charge is 2.47. The van der Waals surface area contributed by atoms with Crippen molar-refractivity contribution < 1.29 is 9.84 Å². The molecule has 1 fully saturated rings. The van der Waals surface area contributed by atoms with Crippen LogP contribution < -0.4 is 0 Å². The fourth-order valence-corrected chi connectivity index (χ4v) is 0.902. The molecule has 1 rings (SSSR count). The summed E-state index contributed by atoms with van der Waals surface area (Å²) in [6, 6.07) is 0. The molecular formula is C8H12O2. The smallest absolute Gasteiger partial charge is 0.147 e. The standard InChI is InChI=1S/C8H12O2/c1-4-5-6-7(10-6)8(2,3)9/h6-7,9H,1-3H3/t6-,7+/m1/s1. The first kappa shape index (κ1) is 7.59. The molecule has 2 heteroatoms. The highest BCUT2D eigenvalue weighted by atomic mass is 16.6. The second kappa shape index (κ2) is 2.26. The van der Waals surface area contributed by atoms with E-state index in [-0.39, 0.29) is 12.2 Å². The average Bonchev–Trinajstić information content (AvgIpc) is 2.44. The van der Waals surface area contributed by atoms with Gasteiger partial charge in [0.25, 0.3) is 0 Å². The van der Waals surface area contributed by atoms with Gasteiger partial charge in [-0.05, 0) is 20.8 Å². The zero-order valence-corrected chi connectivity index (χ0v) is 6.51. The summed E-state index contributed by atoms with van der Waals surface area (Å²) >= 11 is 0. The molecule has 0 spiro atoms. The summed E-state index contributed by atoms with van der Waals surface area (Å²) < 4.78 is 5.10. The molecule has 0 aliphatic carbocycles. The molecule has 0 saturated carbocycles. The van der Waals surface area contributed by atoms with Gasteiger partial charge >= 0.3 is 0 Å². The first-order valence-electron chi connectivity index (χ1n) is 3.36. The van der Waals surface area contributed by atoms with Gasteiger partial charge in [0.2, 0.25) is 0 Å². The minimum Gasteiger partial charge on any atom is -0.388 e. The quantitative estimate of drug-likeness (QED) is 0.426. The summed E-state index contributed by atoms with van der Waals surface area (Å²) in [5.41, 5.74) is -0.742. The van der Waals surface area contributed by atoms with E-state index >= 15 is 0 Å². The lowest BCUT2D eigenvalue weighted by atomic mass is 10.0. The van der Waals surface area contributed by atoms with E-state index in [2.05, 4.69) is 11.8 Å². The number of aliphatic hydroxyl groups is 1. The van der Waals surface area contributed by atoms with Crippen molar-refractivity contribution in [3.05, 3.63) is 0 Å². The average molecular weight is 140 g/mol. The van der Waals surface area contributed by atoms with Crippen LogP contribution in [0.1, 0.15) is 20.8 Å². The molecule has 2 atom stereocenters.